The van der Waals surface area contributed by atoms with Gasteiger partial charge in [0, 0.05) is 10.9 Å². The van der Waals surface area contributed by atoms with E-state index in [1.165, 1.54) is 5.56 Å². The van der Waals surface area contributed by atoms with Crippen LogP contribution >= 0.6 is 11.8 Å². The molecule has 1 unspecified atom stereocenters. The van der Waals surface area contributed by atoms with Crippen LogP contribution in [0.3, 0.4) is 0 Å². The molecule has 2 N–H and O–H groups in total. The van der Waals surface area contributed by atoms with Crippen LogP contribution < -0.4 is 10.6 Å². The van der Waals surface area contributed by atoms with E-state index in [4.69, 9.17) is 0 Å². The summed E-state index contributed by atoms with van der Waals surface area (Å²) in [6.45, 7) is 2.34. The van der Waals surface area contributed by atoms with E-state index in [9.17, 15) is 4.79 Å². The van der Waals surface area contributed by atoms with Gasteiger partial charge in [0.25, 0.3) is 0 Å². The van der Waals surface area contributed by atoms with Crippen LogP contribution in [-0.4, -0.2) is 18.7 Å². The number of nitrogens with one attached hydrogen (secondary N) is 2. The predicted molar refractivity (Wildman–Crippen MR) is 89.7 cm³/mol. The molecule has 0 fully saturated rings. The number of para-hydroxylation sites is 1. The van der Waals surface area contributed by atoms with Crippen molar-refractivity contribution in [2.24, 2.45) is 0 Å². The minimum atomic E-state index is -0.0284. The fraction of sp³-hybridized carbons (Fsp3) is 0.235. The zero-order chi connectivity index (χ0) is 15.1. The fourth-order valence-corrected chi connectivity index (χ4v) is 2.60. The molecule has 2 aromatic carbocycles. The van der Waals surface area contributed by atoms with Gasteiger partial charge in [-0.25, -0.2) is 0 Å². The summed E-state index contributed by atoms with van der Waals surface area (Å²) in [5.74, 6) is -0.0284. The zero-order valence-electron chi connectivity index (χ0n) is 12.3. The van der Waals surface area contributed by atoms with Crippen molar-refractivity contribution < 1.29 is 4.79 Å². The minimum Gasteiger partial charge on any atom is -0.324 e. The number of carbonyl (C=O) groups excluding carboxylic acids is 1. The largest absolute Gasteiger partial charge is 0.324 e. The molecule has 1 atom stereocenters. The number of amides is 1. The Labute approximate surface area is 130 Å². The first-order valence-electron chi connectivity index (χ1n) is 6.92. The Morgan fingerprint density at radius 1 is 1.10 bits per heavy atom. The lowest BCUT2D eigenvalue weighted by Crippen LogP contribution is -2.30. The fourth-order valence-electron chi connectivity index (χ4n) is 2.05. The summed E-state index contributed by atoms with van der Waals surface area (Å²) in [6, 6.07) is 18.1. The highest BCUT2D eigenvalue weighted by molar-refractivity contribution is 7.98. The number of benzene rings is 2. The molecule has 0 aliphatic rings. The molecule has 4 heteroatoms. The van der Waals surface area contributed by atoms with Crippen molar-refractivity contribution in [1.29, 1.82) is 0 Å². The van der Waals surface area contributed by atoms with Crippen LogP contribution in [0.5, 0.6) is 0 Å². The highest BCUT2D eigenvalue weighted by Crippen LogP contribution is 2.24. The number of hydrogen-bond acceptors (Lipinski definition) is 3. The third-order valence-corrected chi connectivity index (χ3v) is 4.05. The summed E-state index contributed by atoms with van der Waals surface area (Å²) in [6.07, 6.45) is 2.00. The van der Waals surface area contributed by atoms with E-state index in [1.807, 2.05) is 48.7 Å². The maximum absolute atomic E-state index is 12.0. The van der Waals surface area contributed by atoms with Crippen LogP contribution in [0.4, 0.5) is 5.69 Å². The molecule has 0 saturated carbocycles. The van der Waals surface area contributed by atoms with Gasteiger partial charge < -0.3 is 10.6 Å². The summed E-state index contributed by atoms with van der Waals surface area (Å²) in [5, 5.41) is 6.18. The average molecular weight is 300 g/mol. The lowest BCUT2D eigenvalue weighted by molar-refractivity contribution is -0.115. The number of carbonyl (C=O) groups is 1. The molecule has 0 spiro atoms. The van der Waals surface area contributed by atoms with Crippen molar-refractivity contribution in [1.82, 2.24) is 5.32 Å². The van der Waals surface area contributed by atoms with Gasteiger partial charge in [-0.05, 0) is 30.9 Å². The molecule has 0 aromatic heterocycles. The summed E-state index contributed by atoms with van der Waals surface area (Å²) < 4.78 is 0. The van der Waals surface area contributed by atoms with Crippen molar-refractivity contribution >= 4 is 23.4 Å². The van der Waals surface area contributed by atoms with Gasteiger partial charge in [0.1, 0.15) is 0 Å². The smallest absolute Gasteiger partial charge is 0.238 e. The quantitative estimate of drug-likeness (QED) is 0.799. The van der Waals surface area contributed by atoms with Gasteiger partial charge in [0.05, 0.1) is 12.2 Å². The molecule has 0 radical (unpaired) electrons. The number of rotatable bonds is 6. The Balaban J connectivity index is 1.88. The van der Waals surface area contributed by atoms with Gasteiger partial charge >= 0.3 is 0 Å². The van der Waals surface area contributed by atoms with Gasteiger partial charge in [-0.2, -0.15) is 0 Å². The average Bonchev–Trinajstić information content (AvgIpc) is 2.54. The van der Waals surface area contributed by atoms with Crippen molar-refractivity contribution in [3.05, 3.63) is 60.2 Å². The molecule has 2 rings (SSSR count). The Bertz CT molecular complexity index is 586. The molecule has 110 valence electrons. The molecule has 21 heavy (non-hydrogen) atoms. The van der Waals surface area contributed by atoms with E-state index < -0.39 is 0 Å². The van der Waals surface area contributed by atoms with Gasteiger partial charge in [-0.1, -0.05) is 42.5 Å². The maximum atomic E-state index is 12.0. The van der Waals surface area contributed by atoms with Crippen molar-refractivity contribution in [3.63, 3.8) is 0 Å². The molecule has 3 nitrogen and oxygen atoms in total. The first-order valence-corrected chi connectivity index (χ1v) is 8.14. The summed E-state index contributed by atoms with van der Waals surface area (Å²) in [7, 11) is 0. The normalized spacial score (nSPS) is 11.9. The molecular formula is C17H20N2OS. The van der Waals surface area contributed by atoms with Crippen LogP contribution in [0.1, 0.15) is 18.5 Å². The van der Waals surface area contributed by atoms with Crippen LogP contribution in [0, 0.1) is 0 Å². The minimum absolute atomic E-state index is 0.0284. The van der Waals surface area contributed by atoms with E-state index in [-0.39, 0.29) is 11.9 Å². The standard InChI is InChI=1S/C17H20N2OS/c1-13(14-8-4-3-5-9-14)18-12-17(20)19-15-10-6-7-11-16(15)21-2/h3-11,13,18H,12H2,1-2H3,(H,19,20). The van der Waals surface area contributed by atoms with Crippen molar-refractivity contribution in [2.45, 2.75) is 17.9 Å². The SMILES string of the molecule is CSc1ccccc1NC(=O)CNC(C)c1ccccc1. The van der Waals surface area contributed by atoms with Crippen LogP contribution in [-0.2, 0) is 4.79 Å². The van der Waals surface area contributed by atoms with E-state index >= 15 is 0 Å². The van der Waals surface area contributed by atoms with Gasteiger partial charge in [-0.3, -0.25) is 4.79 Å². The van der Waals surface area contributed by atoms with Crippen molar-refractivity contribution in [2.75, 3.05) is 18.1 Å². The van der Waals surface area contributed by atoms with E-state index in [0.717, 1.165) is 10.6 Å². The van der Waals surface area contributed by atoms with Gasteiger partial charge in [0.2, 0.25) is 5.91 Å². The second-order valence-corrected chi connectivity index (χ2v) is 5.61. The summed E-state index contributed by atoms with van der Waals surface area (Å²) in [4.78, 5) is 13.1. The predicted octanol–water partition coefficient (Wildman–Crippen LogP) is 3.70. The number of anilines is 1. The summed E-state index contributed by atoms with van der Waals surface area (Å²) >= 11 is 1.62. The van der Waals surface area contributed by atoms with Gasteiger partial charge in [-0.15, -0.1) is 11.8 Å². The molecule has 2 aromatic rings. The Hall–Kier alpha value is -1.78. The van der Waals surface area contributed by atoms with Crippen LogP contribution in [0.15, 0.2) is 59.5 Å². The topological polar surface area (TPSA) is 41.1 Å². The third kappa shape index (κ3) is 4.62. The Kier molecular flexibility index (Phi) is 5.84. The lowest BCUT2D eigenvalue weighted by Gasteiger charge is -2.14. The Morgan fingerprint density at radius 2 is 1.76 bits per heavy atom. The lowest BCUT2D eigenvalue weighted by atomic mass is 10.1. The second kappa shape index (κ2) is 7.86. The Morgan fingerprint density at radius 3 is 2.48 bits per heavy atom. The molecule has 0 aliphatic heterocycles. The van der Waals surface area contributed by atoms with E-state index in [0.29, 0.717) is 6.54 Å². The number of hydrogen-bond donors (Lipinski definition) is 2. The third-order valence-electron chi connectivity index (χ3n) is 3.25. The molecule has 0 bridgehead atoms. The molecule has 0 saturated heterocycles. The maximum Gasteiger partial charge on any atom is 0.238 e. The first-order chi connectivity index (χ1) is 10.2. The number of thioether (sulfide) groups is 1. The highest BCUT2D eigenvalue weighted by atomic mass is 32.2. The molecule has 1 amide bonds. The second-order valence-electron chi connectivity index (χ2n) is 4.76. The molecule has 0 heterocycles. The van der Waals surface area contributed by atoms with Crippen molar-refractivity contribution in [3.8, 4) is 0 Å². The monoisotopic (exact) mass is 300 g/mol. The first kappa shape index (κ1) is 15.6. The summed E-state index contributed by atoms with van der Waals surface area (Å²) in [5.41, 5.74) is 2.04. The van der Waals surface area contributed by atoms with E-state index in [2.05, 4.69) is 29.7 Å². The highest BCUT2D eigenvalue weighted by Gasteiger charge is 2.09. The van der Waals surface area contributed by atoms with E-state index in [1.54, 1.807) is 11.8 Å². The van der Waals surface area contributed by atoms with Crippen LogP contribution in [0.25, 0.3) is 0 Å². The van der Waals surface area contributed by atoms with Gasteiger partial charge in [0.15, 0.2) is 0 Å². The van der Waals surface area contributed by atoms with Crippen LogP contribution in [0.2, 0.25) is 0 Å². The molecular weight excluding hydrogens is 280 g/mol. The molecule has 0 aliphatic carbocycles. The zero-order valence-corrected chi connectivity index (χ0v) is 13.1.